The molecule has 1 aliphatic heterocycles. The predicted octanol–water partition coefficient (Wildman–Crippen LogP) is 1.24. The standard InChI is InChI=1S/C12H21NO3/c14-12(8-11-9-13-6-7-15-11)16-10-4-2-1-3-5-10/h10-11,13H,1-9H2. The summed E-state index contributed by atoms with van der Waals surface area (Å²) in [6, 6.07) is 0. The first-order chi connectivity index (χ1) is 7.84. The van der Waals surface area contributed by atoms with Crippen LogP contribution in [0.2, 0.25) is 0 Å². The summed E-state index contributed by atoms with van der Waals surface area (Å²) >= 11 is 0. The van der Waals surface area contributed by atoms with Crippen LogP contribution >= 0.6 is 0 Å². The molecule has 1 heterocycles. The highest BCUT2D eigenvalue weighted by Gasteiger charge is 2.22. The van der Waals surface area contributed by atoms with Gasteiger partial charge in [-0.3, -0.25) is 4.79 Å². The van der Waals surface area contributed by atoms with Crippen molar-refractivity contribution in [3.63, 3.8) is 0 Å². The third kappa shape index (κ3) is 3.76. The fourth-order valence-corrected chi connectivity index (χ4v) is 2.35. The second-order valence-corrected chi connectivity index (χ2v) is 4.65. The Labute approximate surface area is 96.7 Å². The first-order valence-corrected chi connectivity index (χ1v) is 6.36. The number of hydrogen-bond donors (Lipinski definition) is 1. The highest BCUT2D eigenvalue weighted by atomic mass is 16.5. The van der Waals surface area contributed by atoms with E-state index in [1.165, 1.54) is 19.3 Å². The van der Waals surface area contributed by atoms with Gasteiger partial charge in [0.25, 0.3) is 0 Å². The molecule has 1 saturated carbocycles. The van der Waals surface area contributed by atoms with Gasteiger partial charge in [0.1, 0.15) is 6.10 Å². The van der Waals surface area contributed by atoms with Crippen LogP contribution in [-0.4, -0.2) is 37.9 Å². The van der Waals surface area contributed by atoms with E-state index in [1.54, 1.807) is 0 Å². The molecule has 4 nitrogen and oxygen atoms in total. The predicted molar refractivity (Wildman–Crippen MR) is 60.2 cm³/mol. The van der Waals surface area contributed by atoms with Crippen molar-refractivity contribution >= 4 is 5.97 Å². The van der Waals surface area contributed by atoms with Gasteiger partial charge in [-0.25, -0.2) is 0 Å². The van der Waals surface area contributed by atoms with Crippen molar-refractivity contribution < 1.29 is 14.3 Å². The molecule has 0 aromatic carbocycles. The zero-order chi connectivity index (χ0) is 11.2. The number of hydrogen-bond acceptors (Lipinski definition) is 4. The van der Waals surface area contributed by atoms with E-state index in [2.05, 4.69) is 5.32 Å². The van der Waals surface area contributed by atoms with Crippen molar-refractivity contribution in [2.75, 3.05) is 19.7 Å². The van der Waals surface area contributed by atoms with E-state index in [4.69, 9.17) is 9.47 Å². The molecule has 0 amide bonds. The average Bonchev–Trinajstić information content (AvgIpc) is 2.31. The van der Waals surface area contributed by atoms with Gasteiger partial charge in [-0.15, -0.1) is 0 Å². The lowest BCUT2D eigenvalue weighted by molar-refractivity contribution is -0.154. The largest absolute Gasteiger partial charge is 0.462 e. The number of rotatable bonds is 3. The average molecular weight is 227 g/mol. The maximum atomic E-state index is 11.6. The fraction of sp³-hybridized carbons (Fsp3) is 0.917. The number of ether oxygens (including phenoxy) is 2. The summed E-state index contributed by atoms with van der Waals surface area (Å²) in [5.74, 6) is -0.0967. The quantitative estimate of drug-likeness (QED) is 0.737. The number of nitrogens with one attached hydrogen (secondary N) is 1. The fourth-order valence-electron chi connectivity index (χ4n) is 2.35. The van der Waals surface area contributed by atoms with E-state index in [0.29, 0.717) is 13.0 Å². The van der Waals surface area contributed by atoms with Gasteiger partial charge in [0.05, 0.1) is 19.1 Å². The van der Waals surface area contributed by atoms with Gasteiger partial charge in [0.15, 0.2) is 0 Å². The molecule has 2 aliphatic rings. The minimum atomic E-state index is -0.0967. The Bertz CT molecular complexity index is 198. The summed E-state index contributed by atoms with van der Waals surface area (Å²) in [5, 5.41) is 3.21. The zero-order valence-corrected chi connectivity index (χ0v) is 9.74. The number of morpholine rings is 1. The van der Waals surface area contributed by atoms with Crippen LogP contribution in [0.25, 0.3) is 0 Å². The molecule has 0 radical (unpaired) electrons. The summed E-state index contributed by atoms with van der Waals surface area (Å²) in [7, 11) is 0. The van der Waals surface area contributed by atoms with Crippen molar-refractivity contribution in [1.82, 2.24) is 5.32 Å². The number of carbonyl (C=O) groups is 1. The number of esters is 1. The molecule has 1 saturated heterocycles. The van der Waals surface area contributed by atoms with Crippen molar-refractivity contribution in [2.45, 2.75) is 50.7 Å². The second kappa shape index (κ2) is 6.21. The third-order valence-corrected chi connectivity index (χ3v) is 3.25. The molecule has 1 N–H and O–H groups in total. The lowest BCUT2D eigenvalue weighted by Crippen LogP contribution is -2.40. The number of carbonyl (C=O) groups excluding carboxylic acids is 1. The van der Waals surface area contributed by atoms with Gasteiger partial charge in [0, 0.05) is 13.1 Å². The molecular formula is C12H21NO3. The summed E-state index contributed by atoms with van der Waals surface area (Å²) in [4.78, 5) is 11.6. The molecule has 92 valence electrons. The van der Waals surface area contributed by atoms with Crippen LogP contribution in [0.3, 0.4) is 0 Å². The van der Waals surface area contributed by atoms with E-state index in [9.17, 15) is 4.79 Å². The maximum Gasteiger partial charge on any atom is 0.308 e. The molecule has 16 heavy (non-hydrogen) atoms. The van der Waals surface area contributed by atoms with Crippen molar-refractivity contribution in [1.29, 1.82) is 0 Å². The van der Waals surface area contributed by atoms with Crippen LogP contribution in [0.15, 0.2) is 0 Å². The Hall–Kier alpha value is -0.610. The molecule has 0 aromatic heterocycles. The maximum absolute atomic E-state index is 11.6. The first-order valence-electron chi connectivity index (χ1n) is 6.36. The highest BCUT2D eigenvalue weighted by molar-refractivity contribution is 5.70. The molecular weight excluding hydrogens is 206 g/mol. The first kappa shape index (κ1) is 11.9. The molecule has 1 unspecified atom stereocenters. The van der Waals surface area contributed by atoms with Crippen molar-refractivity contribution in [3.05, 3.63) is 0 Å². The Morgan fingerprint density at radius 1 is 1.31 bits per heavy atom. The van der Waals surface area contributed by atoms with Gasteiger partial charge in [-0.2, -0.15) is 0 Å². The Morgan fingerprint density at radius 2 is 2.12 bits per heavy atom. The molecule has 0 aromatic rings. The van der Waals surface area contributed by atoms with E-state index < -0.39 is 0 Å². The van der Waals surface area contributed by atoms with E-state index in [0.717, 1.165) is 25.9 Å². The van der Waals surface area contributed by atoms with Crippen LogP contribution in [-0.2, 0) is 14.3 Å². The van der Waals surface area contributed by atoms with E-state index in [1.807, 2.05) is 0 Å². The molecule has 2 rings (SSSR count). The molecule has 4 heteroatoms. The molecule has 1 atom stereocenters. The third-order valence-electron chi connectivity index (χ3n) is 3.25. The topological polar surface area (TPSA) is 47.6 Å². The van der Waals surface area contributed by atoms with Gasteiger partial charge in [0.2, 0.25) is 0 Å². The normalized spacial score (nSPS) is 27.6. The summed E-state index contributed by atoms with van der Waals surface area (Å²) in [6.45, 7) is 2.34. The second-order valence-electron chi connectivity index (χ2n) is 4.65. The lowest BCUT2D eigenvalue weighted by Gasteiger charge is -2.25. The minimum absolute atomic E-state index is 0.00448. The minimum Gasteiger partial charge on any atom is -0.462 e. The van der Waals surface area contributed by atoms with Crippen LogP contribution in [0, 0.1) is 0 Å². The Morgan fingerprint density at radius 3 is 2.81 bits per heavy atom. The SMILES string of the molecule is O=C(CC1CNCCO1)OC1CCCCC1. The van der Waals surface area contributed by atoms with Gasteiger partial charge in [-0.1, -0.05) is 6.42 Å². The van der Waals surface area contributed by atoms with E-state index in [-0.39, 0.29) is 18.2 Å². The summed E-state index contributed by atoms with van der Waals surface area (Å²) < 4.78 is 10.9. The Kier molecular flexibility index (Phi) is 4.60. The van der Waals surface area contributed by atoms with Crippen LogP contribution in [0.4, 0.5) is 0 Å². The van der Waals surface area contributed by atoms with Crippen LogP contribution < -0.4 is 5.32 Å². The Balaban J connectivity index is 1.66. The molecule has 2 fully saturated rings. The van der Waals surface area contributed by atoms with Gasteiger partial charge >= 0.3 is 5.97 Å². The zero-order valence-electron chi connectivity index (χ0n) is 9.74. The monoisotopic (exact) mass is 227 g/mol. The van der Waals surface area contributed by atoms with Crippen LogP contribution in [0.1, 0.15) is 38.5 Å². The molecule has 0 spiro atoms. The smallest absolute Gasteiger partial charge is 0.308 e. The van der Waals surface area contributed by atoms with Crippen molar-refractivity contribution in [2.24, 2.45) is 0 Å². The van der Waals surface area contributed by atoms with E-state index >= 15 is 0 Å². The molecule has 0 bridgehead atoms. The van der Waals surface area contributed by atoms with Crippen molar-refractivity contribution in [3.8, 4) is 0 Å². The van der Waals surface area contributed by atoms with Gasteiger partial charge in [-0.05, 0) is 25.7 Å². The van der Waals surface area contributed by atoms with Crippen LogP contribution in [0.5, 0.6) is 0 Å². The van der Waals surface area contributed by atoms with Gasteiger partial charge < -0.3 is 14.8 Å². The summed E-state index contributed by atoms with van der Waals surface area (Å²) in [6.07, 6.45) is 6.31. The lowest BCUT2D eigenvalue weighted by atomic mass is 9.98. The summed E-state index contributed by atoms with van der Waals surface area (Å²) in [5.41, 5.74) is 0. The molecule has 1 aliphatic carbocycles. The highest BCUT2D eigenvalue weighted by Crippen LogP contribution is 2.21.